The van der Waals surface area contributed by atoms with Crippen LogP contribution in [-0.4, -0.2) is 61.6 Å². The van der Waals surface area contributed by atoms with E-state index in [2.05, 4.69) is 15.2 Å². The van der Waals surface area contributed by atoms with Crippen LogP contribution in [0.3, 0.4) is 0 Å². The quantitative estimate of drug-likeness (QED) is 0.868. The molecule has 0 spiro atoms. The van der Waals surface area contributed by atoms with Gasteiger partial charge in [0.1, 0.15) is 12.4 Å². The van der Waals surface area contributed by atoms with Crippen molar-refractivity contribution in [3.05, 3.63) is 18.3 Å². The standard InChI is InChI=1S/C15H22N4O3/c1-3-15(21)19-8-6-18(7-9-19)13-5-4-12(10-16-13)17-14(20)11-22-2/h4-5,10H,3,6-9,11H2,1-2H3,(H,17,20). The molecule has 1 fully saturated rings. The minimum Gasteiger partial charge on any atom is -0.375 e. The maximum absolute atomic E-state index is 11.7. The fourth-order valence-corrected chi connectivity index (χ4v) is 2.38. The molecule has 1 aliphatic heterocycles. The van der Waals surface area contributed by atoms with Crippen LogP contribution < -0.4 is 10.2 Å². The molecular weight excluding hydrogens is 284 g/mol. The number of rotatable bonds is 5. The molecule has 1 N–H and O–H groups in total. The summed E-state index contributed by atoms with van der Waals surface area (Å²) < 4.78 is 4.76. The minimum atomic E-state index is -0.205. The van der Waals surface area contributed by atoms with Gasteiger partial charge >= 0.3 is 0 Å². The monoisotopic (exact) mass is 306 g/mol. The van der Waals surface area contributed by atoms with Crippen molar-refractivity contribution in [3.8, 4) is 0 Å². The molecule has 0 bridgehead atoms. The van der Waals surface area contributed by atoms with Crippen LogP contribution in [0.15, 0.2) is 18.3 Å². The molecule has 1 saturated heterocycles. The zero-order chi connectivity index (χ0) is 15.9. The Morgan fingerprint density at radius 2 is 2.00 bits per heavy atom. The summed E-state index contributed by atoms with van der Waals surface area (Å²) in [6.45, 7) is 4.89. The number of nitrogens with one attached hydrogen (secondary N) is 1. The van der Waals surface area contributed by atoms with Gasteiger partial charge in [-0.05, 0) is 12.1 Å². The second kappa shape index (κ2) is 7.74. The van der Waals surface area contributed by atoms with Crippen molar-refractivity contribution >= 4 is 23.3 Å². The average Bonchev–Trinajstić information content (AvgIpc) is 2.55. The fourth-order valence-electron chi connectivity index (χ4n) is 2.38. The number of hydrogen-bond donors (Lipinski definition) is 1. The molecule has 0 aliphatic carbocycles. The van der Waals surface area contributed by atoms with E-state index in [1.807, 2.05) is 24.0 Å². The van der Waals surface area contributed by atoms with Gasteiger partial charge in [-0.15, -0.1) is 0 Å². The predicted molar refractivity (Wildman–Crippen MR) is 83.8 cm³/mol. The van der Waals surface area contributed by atoms with Gasteiger partial charge in [-0.3, -0.25) is 9.59 Å². The Kier molecular flexibility index (Phi) is 5.71. The molecule has 1 aromatic rings. The first kappa shape index (κ1) is 16.2. The summed E-state index contributed by atoms with van der Waals surface area (Å²) >= 11 is 0. The molecule has 22 heavy (non-hydrogen) atoms. The van der Waals surface area contributed by atoms with Gasteiger partial charge in [0.2, 0.25) is 11.8 Å². The van der Waals surface area contributed by atoms with E-state index in [0.717, 1.165) is 32.0 Å². The van der Waals surface area contributed by atoms with E-state index >= 15 is 0 Å². The largest absolute Gasteiger partial charge is 0.375 e. The van der Waals surface area contributed by atoms with Gasteiger partial charge in [0.25, 0.3) is 0 Å². The van der Waals surface area contributed by atoms with Crippen LogP contribution in [0.1, 0.15) is 13.3 Å². The lowest BCUT2D eigenvalue weighted by Gasteiger charge is -2.35. The van der Waals surface area contributed by atoms with Crippen molar-refractivity contribution in [2.75, 3.05) is 50.1 Å². The molecule has 0 atom stereocenters. The molecule has 2 amide bonds. The van der Waals surface area contributed by atoms with Crippen LogP contribution in [0.4, 0.5) is 11.5 Å². The molecule has 7 heteroatoms. The summed E-state index contributed by atoms with van der Waals surface area (Å²) in [6.07, 6.45) is 2.18. The van der Waals surface area contributed by atoms with Crippen LogP contribution >= 0.6 is 0 Å². The predicted octanol–water partition coefficient (Wildman–Crippen LogP) is 0.725. The van der Waals surface area contributed by atoms with Crippen molar-refractivity contribution in [2.45, 2.75) is 13.3 Å². The lowest BCUT2D eigenvalue weighted by atomic mass is 10.2. The Balaban J connectivity index is 1.89. The van der Waals surface area contributed by atoms with E-state index in [9.17, 15) is 9.59 Å². The Morgan fingerprint density at radius 3 is 2.55 bits per heavy atom. The van der Waals surface area contributed by atoms with Gasteiger partial charge in [0, 0.05) is 39.7 Å². The number of carbonyl (C=O) groups is 2. The first-order chi connectivity index (χ1) is 10.6. The highest BCUT2D eigenvalue weighted by molar-refractivity contribution is 5.91. The van der Waals surface area contributed by atoms with Gasteiger partial charge in [-0.25, -0.2) is 4.98 Å². The number of pyridine rings is 1. The number of methoxy groups -OCH3 is 1. The zero-order valence-corrected chi connectivity index (χ0v) is 13.0. The van der Waals surface area contributed by atoms with Gasteiger partial charge < -0.3 is 19.9 Å². The number of carbonyl (C=O) groups excluding carboxylic acids is 2. The Bertz CT molecular complexity index is 510. The summed E-state index contributed by atoms with van der Waals surface area (Å²) in [6, 6.07) is 3.69. The van der Waals surface area contributed by atoms with E-state index in [1.54, 1.807) is 6.20 Å². The summed E-state index contributed by atoms with van der Waals surface area (Å²) in [4.78, 5) is 31.5. The van der Waals surface area contributed by atoms with Gasteiger partial charge in [-0.2, -0.15) is 0 Å². The first-order valence-electron chi connectivity index (χ1n) is 7.41. The second-order valence-corrected chi connectivity index (χ2v) is 5.11. The van der Waals surface area contributed by atoms with Gasteiger partial charge in [-0.1, -0.05) is 6.92 Å². The lowest BCUT2D eigenvalue weighted by Crippen LogP contribution is -2.48. The van der Waals surface area contributed by atoms with E-state index < -0.39 is 0 Å². The highest BCUT2D eigenvalue weighted by Gasteiger charge is 2.20. The normalized spacial score (nSPS) is 14.8. The third-order valence-electron chi connectivity index (χ3n) is 3.57. The molecule has 1 aromatic heterocycles. The maximum atomic E-state index is 11.7. The smallest absolute Gasteiger partial charge is 0.250 e. The van der Waals surface area contributed by atoms with E-state index in [4.69, 9.17) is 4.74 Å². The number of ether oxygens (including phenoxy) is 1. The SMILES string of the molecule is CCC(=O)N1CCN(c2ccc(NC(=O)COC)cn2)CC1. The van der Waals surface area contributed by atoms with Crippen LogP contribution in [-0.2, 0) is 14.3 Å². The number of anilines is 2. The van der Waals surface area contributed by atoms with Crippen molar-refractivity contribution in [3.63, 3.8) is 0 Å². The van der Waals surface area contributed by atoms with Crippen molar-refractivity contribution in [2.24, 2.45) is 0 Å². The van der Waals surface area contributed by atoms with E-state index in [0.29, 0.717) is 12.1 Å². The van der Waals surface area contributed by atoms with E-state index in [-0.39, 0.29) is 18.4 Å². The minimum absolute atomic E-state index is 0.0230. The van der Waals surface area contributed by atoms with Crippen LogP contribution in [0.5, 0.6) is 0 Å². The van der Waals surface area contributed by atoms with Crippen molar-refractivity contribution in [1.82, 2.24) is 9.88 Å². The van der Waals surface area contributed by atoms with Crippen molar-refractivity contribution in [1.29, 1.82) is 0 Å². The third-order valence-corrected chi connectivity index (χ3v) is 3.57. The molecule has 0 radical (unpaired) electrons. The molecule has 0 saturated carbocycles. The van der Waals surface area contributed by atoms with Gasteiger partial charge in [0.15, 0.2) is 0 Å². The maximum Gasteiger partial charge on any atom is 0.250 e. The molecule has 0 unspecified atom stereocenters. The molecular formula is C15H22N4O3. The number of amides is 2. The molecule has 1 aliphatic rings. The fraction of sp³-hybridized carbons (Fsp3) is 0.533. The lowest BCUT2D eigenvalue weighted by molar-refractivity contribution is -0.131. The Hall–Kier alpha value is -2.15. The number of nitrogens with zero attached hydrogens (tertiary/aromatic N) is 3. The summed E-state index contributed by atoms with van der Waals surface area (Å²) in [5.41, 5.74) is 0.644. The molecule has 2 rings (SSSR count). The van der Waals surface area contributed by atoms with Gasteiger partial charge in [0.05, 0.1) is 11.9 Å². The van der Waals surface area contributed by atoms with E-state index in [1.165, 1.54) is 7.11 Å². The number of aromatic nitrogens is 1. The first-order valence-corrected chi connectivity index (χ1v) is 7.41. The second-order valence-electron chi connectivity index (χ2n) is 5.11. The number of piperazine rings is 1. The van der Waals surface area contributed by atoms with Crippen LogP contribution in [0.25, 0.3) is 0 Å². The Labute approximate surface area is 130 Å². The van der Waals surface area contributed by atoms with Crippen molar-refractivity contribution < 1.29 is 14.3 Å². The third kappa shape index (κ3) is 4.17. The topological polar surface area (TPSA) is 74.8 Å². The summed E-state index contributed by atoms with van der Waals surface area (Å²) in [7, 11) is 1.48. The molecule has 120 valence electrons. The highest BCUT2D eigenvalue weighted by Crippen LogP contribution is 2.16. The van der Waals surface area contributed by atoms with Crippen LogP contribution in [0.2, 0.25) is 0 Å². The molecule has 0 aromatic carbocycles. The molecule has 7 nitrogen and oxygen atoms in total. The highest BCUT2D eigenvalue weighted by atomic mass is 16.5. The Morgan fingerprint density at radius 1 is 1.27 bits per heavy atom. The molecule has 2 heterocycles. The van der Waals surface area contributed by atoms with Crippen LogP contribution in [0, 0.1) is 0 Å². The zero-order valence-electron chi connectivity index (χ0n) is 13.0. The summed E-state index contributed by atoms with van der Waals surface area (Å²) in [5.74, 6) is 0.848. The summed E-state index contributed by atoms with van der Waals surface area (Å²) in [5, 5.41) is 2.70. The number of hydrogen-bond acceptors (Lipinski definition) is 5. The average molecular weight is 306 g/mol.